The van der Waals surface area contributed by atoms with Crippen LogP contribution in [0.15, 0.2) is 77.0 Å². The number of ketones is 1. The molecule has 8 heteroatoms. The number of rotatable bonds is 14. The second-order valence-corrected chi connectivity index (χ2v) is 8.94. The summed E-state index contributed by atoms with van der Waals surface area (Å²) in [4.78, 5) is 36.9. The summed E-state index contributed by atoms with van der Waals surface area (Å²) in [5.41, 5.74) is 1.88. The lowest BCUT2D eigenvalue weighted by molar-refractivity contribution is 0.0499. The van der Waals surface area contributed by atoms with E-state index in [1.807, 2.05) is 6.92 Å². The molecule has 0 aromatic heterocycles. The molecule has 0 radical (unpaired) electrons. The molecule has 0 unspecified atom stereocenters. The van der Waals surface area contributed by atoms with E-state index in [4.69, 9.17) is 14.2 Å². The highest BCUT2D eigenvalue weighted by atomic mass is 16.5. The lowest BCUT2D eigenvalue weighted by atomic mass is 10.1. The molecule has 0 bridgehead atoms. The van der Waals surface area contributed by atoms with Crippen LogP contribution >= 0.6 is 0 Å². The molecule has 0 spiro atoms. The fourth-order valence-corrected chi connectivity index (χ4v) is 3.51. The Morgan fingerprint density at radius 3 is 2.00 bits per heavy atom. The molecule has 0 saturated heterocycles. The van der Waals surface area contributed by atoms with Crippen molar-refractivity contribution in [2.75, 3.05) is 13.2 Å². The van der Waals surface area contributed by atoms with E-state index in [1.54, 1.807) is 60.7 Å². The van der Waals surface area contributed by atoms with Gasteiger partial charge in [0, 0.05) is 5.56 Å². The molecule has 0 saturated carbocycles. The Hall–Kier alpha value is -4.33. The van der Waals surface area contributed by atoms with Crippen LogP contribution in [0.2, 0.25) is 0 Å². The largest absolute Gasteiger partial charge is 0.494 e. The Kier molecular flexibility index (Phi) is 11.4. The summed E-state index contributed by atoms with van der Waals surface area (Å²) < 4.78 is 16.4. The summed E-state index contributed by atoms with van der Waals surface area (Å²) >= 11 is 0. The van der Waals surface area contributed by atoms with E-state index in [1.165, 1.54) is 13.0 Å². The van der Waals surface area contributed by atoms with Gasteiger partial charge >= 0.3 is 11.9 Å². The average Bonchev–Trinajstić information content (AvgIpc) is 2.95. The number of nitrogens with zero attached hydrogens (tertiary/aromatic N) is 2. The van der Waals surface area contributed by atoms with E-state index in [2.05, 4.69) is 17.2 Å². The number of carbonyl (C=O) groups is 3. The Morgan fingerprint density at radius 2 is 1.33 bits per heavy atom. The van der Waals surface area contributed by atoms with Gasteiger partial charge in [-0.3, -0.25) is 4.79 Å². The number of unbranched alkanes of at least 4 members (excludes halogenated alkanes) is 3. The van der Waals surface area contributed by atoms with Crippen LogP contribution in [-0.2, 0) is 4.74 Å². The minimum atomic E-state index is -0.551. The van der Waals surface area contributed by atoms with E-state index in [-0.39, 0.29) is 23.1 Å². The fourth-order valence-electron chi connectivity index (χ4n) is 3.51. The SMILES string of the molecule is CCCCCOc1ccc(C(=O)Oc2ccc(N=Nc3ccc(C(=O)OCCCC)cc3)c(C(C)=O)c2)cc1. The molecule has 0 heterocycles. The Balaban J connectivity index is 1.64. The third-order valence-electron chi connectivity index (χ3n) is 5.77. The molecule has 0 aliphatic rings. The van der Waals surface area contributed by atoms with E-state index < -0.39 is 5.97 Å². The average molecular weight is 531 g/mol. The van der Waals surface area contributed by atoms with Crippen molar-refractivity contribution in [2.24, 2.45) is 10.2 Å². The topological polar surface area (TPSA) is 104 Å². The summed E-state index contributed by atoms with van der Waals surface area (Å²) in [5, 5.41) is 8.36. The van der Waals surface area contributed by atoms with Crippen molar-refractivity contribution in [3.05, 3.63) is 83.4 Å². The summed E-state index contributed by atoms with van der Waals surface area (Å²) in [6.07, 6.45) is 4.97. The zero-order valence-electron chi connectivity index (χ0n) is 22.6. The number of hydrogen-bond donors (Lipinski definition) is 0. The summed E-state index contributed by atoms with van der Waals surface area (Å²) in [6, 6.07) is 17.8. The number of azo groups is 1. The molecule has 0 atom stereocenters. The van der Waals surface area contributed by atoms with Gasteiger partial charge in [-0.15, -0.1) is 5.11 Å². The van der Waals surface area contributed by atoms with Crippen molar-refractivity contribution in [1.82, 2.24) is 0 Å². The highest BCUT2D eigenvalue weighted by Gasteiger charge is 2.14. The number of benzene rings is 3. The Bertz CT molecular complexity index is 1280. The van der Waals surface area contributed by atoms with Gasteiger partial charge in [-0.2, -0.15) is 5.11 Å². The number of carbonyl (C=O) groups excluding carboxylic acids is 3. The van der Waals surface area contributed by atoms with Gasteiger partial charge in [0.15, 0.2) is 5.78 Å². The van der Waals surface area contributed by atoms with Crippen LogP contribution in [0.5, 0.6) is 11.5 Å². The van der Waals surface area contributed by atoms with Crippen LogP contribution < -0.4 is 9.47 Å². The van der Waals surface area contributed by atoms with Gasteiger partial charge < -0.3 is 14.2 Å². The first-order chi connectivity index (χ1) is 18.9. The third-order valence-corrected chi connectivity index (χ3v) is 5.77. The molecule has 3 aromatic rings. The van der Waals surface area contributed by atoms with E-state index in [0.717, 1.165) is 32.1 Å². The van der Waals surface area contributed by atoms with Gasteiger partial charge in [0.2, 0.25) is 0 Å². The van der Waals surface area contributed by atoms with Crippen molar-refractivity contribution in [3.8, 4) is 11.5 Å². The zero-order chi connectivity index (χ0) is 28.0. The van der Waals surface area contributed by atoms with Gasteiger partial charge in [-0.25, -0.2) is 9.59 Å². The first-order valence-electron chi connectivity index (χ1n) is 13.2. The van der Waals surface area contributed by atoms with Crippen LogP contribution in [0.4, 0.5) is 11.4 Å². The Morgan fingerprint density at radius 1 is 0.692 bits per heavy atom. The molecule has 204 valence electrons. The number of ether oxygens (including phenoxy) is 3. The maximum Gasteiger partial charge on any atom is 0.343 e. The molecule has 3 aromatic carbocycles. The second-order valence-electron chi connectivity index (χ2n) is 8.94. The number of esters is 2. The molecule has 39 heavy (non-hydrogen) atoms. The molecule has 8 nitrogen and oxygen atoms in total. The van der Waals surface area contributed by atoms with E-state index in [9.17, 15) is 14.4 Å². The second kappa shape index (κ2) is 15.2. The first-order valence-corrected chi connectivity index (χ1v) is 13.2. The Labute approximate surface area is 229 Å². The van der Waals surface area contributed by atoms with Gasteiger partial charge in [-0.05, 0) is 86.5 Å². The van der Waals surface area contributed by atoms with Crippen LogP contribution in [0.1, 0.15) is 83.9 Å². The van der Waals surface area contributed by atoms with Crippen LogP contribution in [0.25, 0.3) is 0 Å². The van der Waals surface area contributed by atoms with Gasteiger partial charge in [0.25, 0.3) is 0 Å². The normalized spacial score (nSPS) is 10.8. The van der Waals surface area contributed by atoms with Crippen LogP contribution in [-0.4, -0.2) is 30.9 Å². The fraction of sp³-hybridized carbons (Fsp3) is 0.323. The minimum Gasteiger partial charge on any atom is -0.494 e. The van der Waals surface area contributed by atoms with Gasteiger partial charge in [0.1, 0.15) is 11.5 Å². The van der Waals surface area contributed by atoms with E-state index in [0.29, 0.717) is 41.5 Å². The van der Waals surface area contributed by atoms with Gasteiger partial charge in [-0.1, -0.05) is 33.1 Å². The monoisotopic (exact) mass is 530 g/mol. The molecule has 0 aliphatic carbocycles. The van der Waals surface area contributed by atoms with Crippen molar-refractivity contribution in [3.63, 3.8) is 0 Å². The maximum atomic E-state index is 12.6. The summed E-state index contributed by atoms with van der Waals surface area (Å²) in [7, 11) is 0. The zero-order valence-corrected chi connectivity index (χ0v) is 22.6. The lowest BCUT2D eigenvalue weighted by Gasteiger charge is -2.09. The van der Waals surface area contributed by atoms with Crippen LogP contribution in [0, 0.1) is 0 Å². The molecule has 0 fully saturated rings. The summed E-state index contributed by atoms with van der Waals surface area (Å²) in [6.45, 7) is 6.58. The van der Waals surface area contributed by atoms with E-state index >= 15 is 0 Å². The quantitative estimate of drug-likeness (QED) is 0.0686. The first kappa shape index (κ1) is 29.2. The van der Waals surface area contributed by atoms with Crippen molar-refractivity contribution in [1.29, 1.82) is 0 Å². The molecular weight excluding hydrogens is 496 g/mol. The molecule has 3 rings (SSSR count). The predicted molar refractivity (Wildman–Crippen MR) is 149 cm³/mol. The lowest BCUT2D eigenvalue weighted by Crippen LogP contribution is -2.09. The van der Waals surface area contributed by atoms with Crippen LogP contribution in [0.3, 0.4) is 0 Å². The smallest absolute Gasteiger partial charge is 0.343 e. The van der Waals surface area contributed by atoms with Crippen molar-refractivity contribution in [2.45, 2.75) is 52.9 Å². The highest BCUT2D eigenvalue weighted by molar-refractivity contribution is 5.99. The summed E-state index contributed by atoms with van der Waals surface area (Å²) in [5.74, 6) is -0.281. The van der Waals surface area contributed by atoms with Gasteiger partial charge in [0.05, 0.1) is 35.7 Å². The highest BCUT2D eigenvalue weighted by Crippen LogP contribution is 2.28. The minimum absolute atomic E-state index is 0.218. The van der Waals surface area contributed by atoms with Crippen molar-refractivity contribution < 1.29 is 28.6 Å². The number of hydrogen-bond acceptors (Lipinski definition) is 8. The molecule has 0 amide bonds. The number of Topliss-reactive ketones (excluding diaryl/α,β-unsaturated/α-hetero) is 1. The predicted octanol–water partition coefficient (Wildman–Crippen LogP) is 8.05. The molecule has 0 aliphatic heterocycles. The molecule has 0 N–H and O–H groups in total. The third kappa shape index (κ3) is 9.17. The standard InChI is InChI=1S/C31H34N2O6/c1-4-6-8-20-37-26-15-11-24(12-16-26)31(36)39-27-17-18-29(28(21-27)22(3)34)33-32-25-13-9-23(10-14-25)30(35)38-19-7-5-2/h9-18,21H,4-8,19-20H2,1-3H3. The van der Waals surface area contributed by atoms with Crippen molar-refractivity contribution >= 4 is 29.1 Å². The maximum absolute atomic E-state index is 12.6. The molecular formula is C31H34N2O6.